The first-order chi connectivity index (χ1) is 20.5. The molecule has 0 spiro atoms. The van der Waals surface area contributed by atoms with Crippen molar-refractivity contribution < 1.29 is 45.2 Å². The fourth-order valence-electron chi connectivity index (χ4n) is 12.8. The summed E-state index contributed by atoms with van der Waals surface area (Å²) in [6, 6.07) is 2.98. The molecule has 0 aromatic rings. The van der Waals surface area contributed by atoms with Crippen molar-refractivity contribution in [2.24, 2.45) is 55.7 Å². The van der Waals surface area contributed by atoms with E-state index in [0.29, 0.717) is 5.92 Å². The van der Waals surface area contributed by atoms with Crippen LogP contribution in [0.2, 0.25) is 15.7 Å². The Kier molecular flexibility index (Phi) is 10.4. The molecule has 0 aromatic carbocycles. The average Bonchev–Trinajstić information content (AvgIpc) is 3.53. The van der Waals surface area contributed by atoms with E-state index < -0.39 is 25.8 Å². The molecule has 0 N–H and O–H groups in total. The zero-order valence-electron chi connectivity index (χ0n) is 30.8. The quantitative estimate of drug-likeness (QED) is 0.292. The molecule has 4 heteroatoms. The van der Waals surface area contributed by atoms with Gasteiger partial charge in [-0.3, -0.25) is 0 Å². The van der Waals surface area contributed by atoms with Gasteiger partial charge >= 0.3 is 281 Å². The second-order valence-electron chi connectivity index (χ2n) is 17.6. The molecule has 0 saturated heterocycles. The first kappa shape index (κ1) is 38.4. The summed E-state index contributed by atoms with van der Waals surface area (Å²) in [5, 5.41) is 0. The maximum atomic E-state index is 2.87. The molecule has 9 unspecified atom stereocenters. The van der Waals surface area contributed by atoms with Crippen molar-refractivity contribution in [1.29, 1.82) is 0 Å². The maximum absolute atomic E-state index is 2.87. The Morgan fingerprint density at radius 3 is 1.70 bits per heavy atom. The third kappa shape index (κ3) is 4.30. The van der Waals surface area contributed by atoms with E-state index in [1.807, 2.05) is 3.28 Å². The van der Waals surface area contributed by atoms with Crippen LogP contribution in [0, 0.1) is 55.7 Å². The minimum absolute atomic E-state index is 0. The molecule has 0 nitrogen and oxygen atoms in total. The molecule has 0 radical (unpaired) electrons. The number of hydrogen-bond donors (Lipinski definition) is 0. The van der Waals surface area contributed by atoms with Gasteiger partial charge < -0.3 is 24.8 Å². The Balaban J connectivity index is 0.00000240. The standard InChI is InChI=1S/C29H37.C8H18Si.C5H5.2ClH.Zr/c1-21-14-13-15-22-20-27(6)25(4)18-10-9-16-23(25,2)24(3)17-11-12-19-26(24,5)29(27,8)28(21,22)7;1-7(2)5-9-6-8(3)4;1-2-4-5-3-1;;;/h9-20,22H,1-8H3;7-8H,5-6H2,1-4H3;1-3H,4H2;2*1H;/q;;;;;+2/p-2. The minimum Gasteiger partial charge on any atom is -1.00 e. The van der Waals surface area contributed by atoms with Gasteiger partial charge in [0.2, 0.25) is 0 Å². The Hall–Kier alpha value is -0.400. The van der Waals surface area contributed by atoms with Gasteiger partial charge in [0.25, 0.3) is 0 Å². The molecule has 0 aliphatic heterocycles. The zero-order chi connectivity index (χ0) is 32.1. The van der Waals surface area contributed by atoms with Gasteiger partial charge in [-0.05, 0) is 0 Å². The molecule has 6 aliphatic rings. The minimum atomic E-state index is -2.33. The van der Waals surface area contributed by atoms with Gasteiger partial charge in [-0.2, -0.15) is 0 Å². The Bertz CT molecular complexity index is 1520. The number of hydrogen-bond acceptors (Lipinski definition) is 0. The van der Waals surface area contributed by atoms with E-state index in [1.165, 1.54) is 18.5 Å². The molecular formula is C42H60Cl2SiZr. The van der Waals surface area contributed by atoms with Crippen molar-refractivity contribution in [3.8, 4) is 0 Å². The number of allylic oxidation sites excluding steroid dienone is 16. The van der Waals surface area contributed by atoms with E-state index in [0.717, 1.165) is 15.5 Å². The second-order valence-corrected chi connectivity index (χ2v) is 33.1. The third-order valence-electron chi connectivity index (χ3n) is 15.6. The zero-order valence-corrected chi connectivity index (χ0v) is 35.7. The van der Waals surface area contributed by atoms with Crippen LogP contribution in [0.25, 0.3) is 0 Å². The monoisotopic (exact) mass is 752 g/mol. The summed E-state index contributed by atoms with van der Waals surface area (Å²) in [4.78, 5) is 0. The van der Waals surface area contributed by atoms with Crippen LogP contribution in [-0.2, 0) is 20.4 Å². The van der Waals surface area contributed by atoms with Crippen LogP contribution < -0.4 is 24.8 Å². The van der Waals surface area contributed by atoms with Gasteiger partial charge in [0, 0.05) is 0 Å². The Morgan fingerprint density at radius 2 is 1.20 bits per heavy atom. The fourth-order valence-corrected chi connectivity index (χ4v) is 43.3. The van der Waals surface area contributed by atoms with Gasteiger partial charge in [-0.15, -0.1) is 0 Å². The predicted molar refractivity (Wildman–Crippen MR) is 190 cm³/mol. The van der Waals surface area contributed by atoms with Gasteiger partial charge in [-0.1, -0.05) is 0 Å². The van der Waals surface area contributed by atoms with Gasteiger partial charge in [-0.25, -0.2) is 0 Å². The number of halogens is 2. The normalized spacial score (nSPS) is 43.9. The van der Waals surface area contributed by atoms with Crippen molar-refractivity contribution >= 4 is 5.43 Å². The molecule has 9 atom stereocenters. The van der Waals surface area contributed by atoms with Crippen LogP contribution in [0.1, 0.15) is 89.5 Å². The van der Waals surface area contributed by atoms with Crippen molar-refractivity contribution in [3.05, 3.63) is 93.9 Å². The summed E-state index contributed by atoms with van der Waals surface area (Å²) in [6.45, 7) is 31.7. The number of rotatable bonds is 6. The predicted octanol–water partition coefficient (Wildman–Crippen LogP) is 6.00. The average molecular weight is 755 g/mol. The van der Waals surface area contributed by atoms with Crippen LogP contribution in [0.15, 0.2) is 93.9 Å². The molecule has 0 aromatic heterocycles. The molecule has 0 amide bonds. The van der Waals surface area contributed by atoms with E-state index in [9.17, 15) is 0 Å². The molecule has 2 fully saturated rings. The number of fused-ring (bicyclic) bond motifs is 8. The topological polar surface area (TPSA) is 0 Å². The van der Waals surface area contributed by atoms with Crippen LogP contribution in [0.4, 0.5) is 0 Å². The summed E-state index contributed by atoms with van der Waals surface area (Å²) in [7, 11) is 0. The summed E-state index contributed by atoms with van der Waals surface area (Å²) in [5.41, 5.74) is 1.25. The molecule has 0 bridgehead atoms. The smallest absolute Gasteiger partial charge is 1.00 e. The summed E-state index contributed by atoms with van der Waals surface area (Å²) in [6.07, 6.45) is 36.9. The van der Waals surface area contributed by atoms with Crippen LogP contribution in [-0.4, -0.2) is 5.43 Å². The Morgan fingerprint density at radius 1 is 0.696 bits per heavy atom. The SMILES string of the molecule is CC1=CC=CC2[CH]([Zr+2]([C]3=CC=CC3)=[Si](CC(C)C)CC(C)C)C3(C)C4(C)C=CC=CC4(C)C4(C)C=CC=CC4(C)C3(C)C12C.[Cl-].[Cl-]. The molecule has 0 heterocycles. The first-order valence-electron chi connectivity index (χ1n) is 17.7. The van der Waals surface area contributed by atoms with Gasteiger partial charge in [0.1, 0.15) is 0 Å². The van der Waals surface area contributed by atoms with E-state index in [2.05, 4.69) is 168 Å². The van der Waals surface area contributed by atoms with E-state index in [-0.39, 0.29) is 62.7 Å². The van der Waals surface area contributed by atoms with Crippen LogP contribution >= 0.6 is 0 Å². The molecule has 2 saturated carbocycles. The molecule has 46 heavy (non-hydrogen) atoms. The molecule has 6 rings (SSSR count). The first-order valence-corrected chi connectivity index (χ1v) is 25.9. The molecule has 6 aliphatic carbocycles. The van der Waals surface area contributed by atoms with Crippen LogP contribution in [0.3, 0.4) is 0 Å². The molecule has 250 valence electrons. The third-order valence-corrected chi connectivity index (χ3v) is 37.8. The van der Waals surface area contributed by atoms with Gasteiger partial charge in [0.05, 0.1) is 0 Å². The largest absolute Gasteiger partial charge is 1.00 e. The summed E-state index contributed by atoms with van der Waals surface area (Å²) >= 11 is -2.33. The Labute approximate surface area is 303 Å². The molecular weight excluding hydrogens is 695 g/mol. The van der Waals surface area contributed by atoms with E-state index >= 15 is 0 Å². The van der Waals surface area contributed by atoms with E-state index in [1.54, 1.807) is 5.57 Å². The van der Waals surface area contributed by atoms with Crippen LogP contribution in [0.5, 0.6) is 0 Å². The second kappa shape index (κ2) is 12.4. The van der Waals surface area contributed by atoms with Crippen molar-refractivity contribution in [3.63, 3.8) is 0 Å². The van der Waals surface area contributed by atoms with Crippen molar-refractivity contribution in [1.82, 2.24) is 0 Å². The van der Waals surface area contributed by atoms with Crippen molar-refractivity contribution in [2.45, 2.75) is 105 Å². The maximum Gasteiger partial charge on any atom is -1.00 e. The van der Waals surface area contributed by atoms with Gasteiger partial charge in [0.15, 0.2) is 0 Å². The fraction of sp³-hybridized carbons (Fsp3) is 0.619. The summed E-state index contributed by atoms with van der Waals surface area (Å²) in [5.74, 6) is 2.14. The van der Waals surface area contributed by atoms with E-state index in [4.69, 9.17) is 0 Å². The summed E-state index contributed by atoms with van der Waals surface area (Å²) < 4.78 is 2.69. The van der Waals surface area contributed by atoms with Crippen molar-refractivity contribution in [2.75, 3.05) is 0 Å².